The minimum absolute atomic E-state index is 0.340. The second-order valence-corrected chi connectivity index (χ2v) is 6.95. The molecule has 158 valence electrons. The molecule has 2 amide bonds. The van der Waals surface area contributed by atoms with Crippen LogP contribution in [0.3, 0.4) is 0 Å². The molecule has 0 bridgehead atoms. The van der Waals surface area contributed by atoms with E-state index in [4.69, 9.17) is 0 Å². The molecular weight excluding hydrogens is 379 g/mol. The lowest BCUT2D eigenvalue weighted by atomic mass is 10.1. The molecule has 2 rings (SSSR count). The molecule has 2 N–H and O–H groups in total. The van der Waals surface area contributed by atoms with Gasteiger partial charge in [0.25, 0.3) is 0 Å². The van der Waals surface area contributed by atoms with Crippen LogP contribution in [0.25, 0.3) is 0 Å². The van der Waals surface area contributed by atoms with Crippen LogP contribution < -0.4 is 10.6 Å². The van der Waals surface area contributed by atoms with Gasteiger partial charge in [0.1, 0.15) is 0 Å². The molecule has 1 unspecified atom stereocenters. The zero-order valence-electron chi connectivity index (χ0n) is 17.0. The SMILES string of the molecule is CCN(CC)Cc1ccc(CNC(=O)NC(C)c2cccc(C(F)(F)F)c2)cc1. The normalized spacial score (nSPS) is 12.7. The summed E-state index contributed by atoms with van der Waals surface area (Å²) in [5, 5.41) is 5.42. The Morgan fingerprint density at radius 3 is 2.24 bits per heavy atom. The van der Waals surface area contributed by atoms with E-state index in [1.54, 1.807) is 13.0 Å². The fourth-order valence-electron chi connectivity index (χ4n) is 2.97. The van der Waals surface area contributed by atoms with Crippen molar-refractivity contribution >= 4 is 6.03 Å². The Kier molecular flexibility index (Phi) is 8.08. The maximum absolute atomic E-state index is 12.8. The van der Waals surface area contributed by atoms with Crippen LogP contribution in [0.1, 0.15) is 49.1 Å². The van der Waals surface area contributed by atoms with Crippen LogP contribution in [-0.4, -0.2) is 24.0 Å². The van der Waals surface area contributed by atoms with E-state index in [1.807, 2.05) is 24.3 Å². The van der Waals surface area contributed by atoms with Crippen LogP contribution in [0.4, 0.5) is 18.0 Å². The molecule has 1 atom stereocenters. The van der Waals surface area contributed by atoms with Gasteiger partial charge in [-0.3, -0.25) is 4.90 Å². The Morgan fingerprint density at radius 2 is 1.66 bits per heavy atom. The predicted octanol–water partition coefficient (Wildman–Crippen LogP) is 5.11. The smallest absolute Gasteiger partial charge is 0.334 e. The number of carbonyl (C=O) groups excluding carboxylic acids is 1. The minimum Gasteiger partial charge on any atom is -0.334 e. The first kappa shape index (κ1) is 22.7. The predicted molar refractivity (Wildman–Crippen MR) is 108 cm³/mol. The highest BCUT2D eigenvalue weighted by atomic mass is 19.4. The second kappa shape index (κ2) is 10.3. The van der Waals surface area contributed by atoms with Crippen molar-refractivity contribution in [3.63, 3.8) is 0 Å². The van der Waals surface area contributed by atoms with Gasteiger partial charge in [0.15, 0.2) is 0 Å². The number of hydrogen-bond donors (Lipinski definition) is 2. The number of nitrogens with one attached hydrogen (secondary N) is 2. The molecule has 2 aromatic carbocycles. The largest absolute Gasteiger partial charge is 0.416 e. The van der Waals surface area contributed by atoms with Crippen molar-refractivity contribution < 1.29 is 18.0 Å². The van der Waals surface area contributed by atoms with Gasteiger partial charge in [0.2, 0.25) is 0 Å². The van der Waals surface area contributed by atoms with Gasteiger partial charge in [0, 0.05) is 13.1 Å². The summed E-state index contributed by atoms with van der Waals surface area (Å²) >= 11 is 0. The quantitative estimate of drug-likeness (QED) is 0.639. The van der Waals surface area contributed by atoms with Crippen LogP contribution in [0.15, 0.2) is 48.5 Å². The van der Waals surface area contributed by atoms with Crippen molar-refractivity contribution in [2.45, 2.75) is 46.1 Å². The van der Waals surface area contributed by atoms with E-state index in [0.29, 0.717) is 12.1 Å². The van der Waals surface area contributed by atoms with E-state index in [0.717, 1.165) is 37.3 Å². The zero-order chi connectivity index (χ0) is 21.4. The Labute approximate surface area is 170 Å². The summed E-state index contributed by atoms with van der Waals surface area (Å²) in [7, 11) is 0. The molecule has 2 aromatic rings. The molecule has 0 aromatic heterocycles. The molecule has 7 heteroatoms. The van der Waals surface area contributed by atoms with E-state index in [9.17, 15) is 18.0 Å². The highest BCUT2D eigenvalue weighted by Gasteiger charge is 2.30. The average Bonchev–Trinajstić information content (AvgIpc) is 2.70. The highest BCUT2D eigenvalue weighted by Crippen LogP contribution is 2.30. The minimum atomic E-state index is -4.41. The Balaban J connectivity index is 1.86. The van der Waals surface area contributed by atoms with Gasteiger partial charge in [0.05, 0.1) is 11.6 Å². The van der Waals surface area contributed by atoms with E-state index in [2.05, 4.69) is 29.4 Å². The molecule has 0 fully saturated rings. The van der Waals surface area contributed by atoms with Crippen LogP contribution in [0, 0.1) is 0 Å². The van der Waals surface area contributed by atoms with Crippen LogP contribution in [-0.2, 0) is 19.3 Å². The average molecular weight is 407 g/mol. The number of halogens is 3. The highest BCUT2D eigenvalue weighted by molar-refractivity contribution is 5.74. The summed E-state index contributed by atoms with van der Waals surface area (Å²) in [4.78, 5) is 14.4. The maximum atomic E-state index is 12.8. The summed E-state index contributed by atoms with van der Waals surface area (Å²) in [6.45, 7) is 9.11. The fraction of sp³-hybridized carbons (Fsp3) is 0.409. The van der Waals surface area contributed by atoms with E-state index >= 15 is 0 Å². The monoisotopic (exact) mass is 407 g/mol. The third-order valence-electron chi connectivity index (χ3n) is 4.84. The molecule has 0 aliphatic heterocycles. The van der Waals surface area contributed by atoms with Crippen LogP contribution in [0.2, 0.25) is 0 Å². The molecule has 4 nitrogen and oxygen atoms in total. The second-order valence-electron chi connectivity index (χ2n) is 6.95. The van der Waals surface area contributed by atoms with Gasteiger partial charge in [-0.2, -0.15) is 13.2 Å². The molecule has 0 aliphatic rings. The van der Waals surface area contributed by atoms with Gasteiger partial charge >= 0.3 is 12.2 Å². The van der Waals surface area contributed by atoms with Crippen molar-refractivity contribution in [3.05, 3.63) is 70.8 Å². The lowest BCUT2D eigenvalue weighted by molar-refractivity contribution is -0.137. The first-order valence-electron chi connectivity index (χ1n) is 9.74. The molecule has 0 saturated carbocycles. The van der Waals surface area contributed by atoms with Gasteiger partial charge in [-0.25, -0.2) is 4.79 Å². The number of nitrogens with zero attached hydrogens (tertiary/aromatic N) is 1. The Hall–Kier alpha value is -2.54. The Bertz CT molecular complexity index is 787. The summed E-state index contributed by atoms with van der Waals surface area (Å²) in [5.41, 5.74) is 1.83. The van der Waals surface area contributed by atoms with Gasteiger partial charge in [-0.05, 0) is 48.8 Å². The zero-order valence-corrected chi connectivity index (χ0v) is 17.0. The first-order chi connectivity index (χ1) is 13.7. The van der Waals surface area contributed by atoms with E-state index in [-0.39, 0.29) is 0 Å². The van der Waals surface area contributed by atoms with Crippen molar-refractivity contribution in [1.82, 2.24) is 15.5 Å². The van der Waals surface area contributed by atoms with Crippen molar-refractivity contribution in [2.24, 2.45) is 0 Å². The third kappa shape index (κ3) is 7.09. The number of amides is 2. The molecule has 0 heterocycles. The van der Waals surface area contributed by atoms with Crippen molar-refractivity contribution in [2.75, 3.05) is 13.1 Å². The fourth-order valence-corrected chi connectivity index (χ4v) is 2.97. The number of rotatable bonds is 8. The maximum Gasteiger partial charge on any atom is 0.416 e. The topological polar surface area (TPSA) is 44.4 Å². The first-order valence-corrected chi connectivity index (χ1v) is 9.74. The number of urea groups is 1. The van der Waals surface area contributed by atoms with Gasteiger partial charge in [-0.1, -0.05) is 50.2 Å². The van der Waals surface area contributed by atoms with E-state index in [1.165, 1.54) is 11.6 Å². The van der Waals surface area contributed by atoms with Gasteiger partial charge < -0.3 is 10.6 Å². The number of carbonyl (C=O) groups is 1. The standard InChI is InChI=1S/C22H28F3N3O/c1-4-28(5-2)15-18-11-9-17(10-12-18)14-26-21(29)27-16(3)19-7-6-8-20(13-19)22(23,24)25/h6-13,16H,4-5,14-15H2,1-3H3,(H2,26,27,29). The molecule has 0 aliphatic carbocycles. The number of alkyl halides is 3. The summed E-state index contributed by atoms with van der Waals surface area (Å²) in [6, 6.07) is 12.0. The van der Waals surface area contributed by atoms with Crippen molar-refractivity contribution in [3.8, 4) is 0 Å². The summed E-state index contributed by atoms with van der Waals surface area (Å²) < 4.78 is 38.5. The number of benzene rings is 2. The van der Waals surface area contributed by atoms with Gasteiger partial charge in [-0.15, -0.1) is 0 Å². The lowest BCUT2D eigenvalue weighted by Gasteiger charge is -2.18. The van der Waals surface area contributed by atoms with E-state index < -0.39 is 23.8 Å². The Morgan fingerprint density at radius 1 is 1.03 bits per heavy atom. The molecule has 0 spiro atoms. The summed E-state index contributed by atoms with van der Waals surface area (Å²) in [6.07, 6.45) is -4.41. The molecule has 0 saturated heterocycles. The molecular formula is C22H28F3N3O. The third-order valence-corrected chi connectivity index (χ3v) is 4.84. The molecule has 29 heavy (non-hydrogen) atoms. The van der Waals surface area contributed by atoms with Crippen LogP contribution in [0.5, 0.6) is 0 Å². The lowest BCUT2D eigenvalue weighted by Crippen LogP contribution is -2.36. The number of hydrogen-bond acceptors (Lipinski definition) is 2. The summed E-state index contributed by atoms with van der Waals surface area (Å²) in [5.74, 6) is 0. The van der Waals surface area contributed by atoms with Crippen LogP contribution >= 0.6 is 0 Å². The van der Waals surface area contributed by atoms with Crippen molar-refractivity contribution in [1.29, 1.82) is 0 Å². The molecule has 0 radical (unpaired) electrons.